The molecule has 0 N–H and O–H groups in total. The maximum atomic E-state index is 5.23. The van der Waals surface area contributed by atoms with Crippen LogP contribution < -0.4 is 0 Å². The number of hydrogen-bond acceptors (Lipinski definition) is 0. The first-order chi connectivity index (χ1) is 5.10. The van der Waals surface area contributed by atoms with E-state index in [1.807, 2.05) is 6.08 Å². The Kier molecular flexibility index (Phi) is 4.45. The van der Waals surface area contributed by atoms with E-state index >= 15 is 0 Å². The molecule has 0 fully saturated rings. The van der Waals surface area contributed by atoms with E-state index < -0.39 is 0 Å². The first-order valence-electron chi connectivity index (χ1n) is 4.40. The van der Waals surface area contributed by atoms with Gasteiger partial charge in [0.05, 0.1) is 0 Å². The summed E-state index contributed by atoms with van der Waals surface area (Å²) in [6.07, 6.45) is 4.36. The molecule has 0 saturated carbocycles. The summed E-state index contributed by atoms with van der Waals surface area (Å²) in [5.74, 6) is 0.530. The summed E-state index contributed by atoms with van der Waals surface area (Å²) in [5, 5.41) is 0. The van der Waals surface area contributed by atoms with Crippen LogP contribution in [0, 0.1) is 11.3 Å². The van der Waals surface area contributed by atoms with Crippen LogP contribution in [0.3, 0.4) is 0 Å². The van der Waals surface area contributed by atoms with Crippen LogP contribution in [0.2, 0.25) is 0 Å². The summed E-state index contributed by atoms with van der Waals surface area (Å²) >= 11 is 0. The quantitative estimate of drug-likeness (QED) is 0.539. The average Bonchev–Trinajstić information content (AvgIpc) is 2.03. The van der Waals surface area contributed by atoms with Crippen molar-refractivity contribution in [1.29, 1.82) is 0 Å². The van der Waals surface area contributed by atoms with Crippen molar-refractivity contribution >= 4 is 13.1 Å². The molecule has 1 heteroatoms. The molecule has 0 heterocycles. The molecular weight excluding hydrogens is 131 g/mol. The Bertz CT molecular complexity index is 150. The molecule has 0 aromatic carbocycles. The number of rotatable bonds is 4. The van der Waals surface area contributed by atoms with Crippen molar-refractivity contribution in [2.75, 3.05) is 0 Å². The topological polar surface area (TPSA) is 0 Å². The van der Waals surface area contributed by atoms with Crippen molar-refractivity contribution in [2.24, 2.45) is 11.3 Å². The summed E-state index contributed by atoms with van der Waals surface area (Å²) < 4.78 is 0. The maximum absolute atomic E-state index is 5.23. The first kappa shape index (κ1) is 10.7. The van der Waals surface area contributed by atoms with Crippen LogP contribution in [0.15, 0.2) is 6.08 Å². The second-order valence-corrected chi connectivity index (χ2v) is 3.48. The summed E-state index contributed by atoms with van der Waals surface area (Å²) in [7, 11) is 5.23. The Hall–Kier alpha value is -0.285. The van der Waals surface area contributed by atoms with Gasteiger partial charge in [0.25, 0.3) is 0 Å². The van der Waals surface area contributed by atoms with E-state index in [1.54, 1.807) is 0 Å². The second-order valence-electron chi connectivity index (χ2n) is 3.48. The van der Waals surface area contributed by atoms with Gasteiger partial charge < -0.3 is 0 Å². The summed E-state index contributed by atoms with van der Waals surface area (Å²) in [5.41, 5.74) is 3.01. The SMILES string of the molecule is [B]=C=CC(C)C(C)(CC)CC. The van der Waals surface area contributed by atoms with Crippen LogP contribution in [0.5, 0.6) is 0 Å². The van der Waals surface area contributed by atoms with Crippen molar-refractivity contribution < 1.29 is 0 Å². The van der Waals surface area contributed by atoms with Crippen molar-refractivity contribution in [3.63, 3.8) is 0 Å². The van der Waals surface area contributed by atoms with Crippen molar-refractivity contribution in [3.8, 4) is 0 Å². The molecule has 0 bridgehead atoms. The predicted molar refractivity (Wildman–Crippen MR) is 53.2 cm³/mol. The molecule has 0 saturated heterocycles. The normalized spacial score (nSPS) is 13.7. The van der Waals surface area contributed by atoms with Crippen LogP contribution in [0.25, 0.3) is 0 Å². The molecule has 61 valence electrons. The van der Waals surface area contributed by atoms with E-state index in [1.165, 1.54) is 12.8 Å². The van der Waals surface area contributed by atoms with Gasteiger partial charge in [-0.25, -0.2) is 0 Å². The minimum atomic E-state index is 0.395. The molecule has 0 amide bonds. The van der Waals surface area contributed by atoms with Crippen molar-refractivity contribution in [2.45, 2.75) is 40.5 Å². The van der Waals surface area contributed by atoms with Crippen LogP contribution >= 0.6 is 0 Å². The van der Waals surface area contributed by atoms with Crippen molar-refractivity contribution in [3.05, 3.63) is 6.08 Å². The molecule has 0 spiro atoms. The fourth-order valence-electron chi connectivity index (χ4n) is 1.24. The third-order valence-electron chi connectivity index (χ3n) is 3.06. The van der Waals surface area contributed by atoms with Crippen LogP contribution in [-0.2, 0) is 0 Å². The zero-order valence-corrected chi connectivity index (χ0v) is 8.15. The van der Waals surface area contributed by atoms with E-state index in [9.17, 15) is 0 Å². The number of allylic oxidation sites excluding steroid dienone is 1. The van der Waals surface area contributed by atoms with Gasteiger partial charge in [-0.1, -0.05) is 0 Å². The number of hydrogen-bond donors (Lipinski definition) is 0. The molecular formula is C10H18B. The molecule has 11 heavy (non-hydrogen) atoms. The Morgan fingerprint density at radius 2 is 1.91 bits per heavy atom. The Balaban J connectivity index is 4.35. The van der Waals surface area contributed by atoms with Gasteiger partial charge in [0.15, 0.2) is 0 Å². The zero-order chi connectivity index (χ0) is 8.91. The monoisotopic (exact) mass is 149 g/mol. The molecule has 0 aromatic heterocycles. The Morgan fingerprint density at radius 3 is 2.18 bits per heavy atom. The summed E-state index contributed by atoms with van der Waals surface area (Å²) in [4.78, 5) is 0. The minimum absolute atomic E-state index is 0.395. The van der Waals surface area contributed by atoms with Gasteiger partial charge in [-0.15, -0.1) is 0 Å². The fraction of sp³-hybridized carbons (Fsp3) is 0.800. The van der Waals surface area contributed by atoms with Crippen molar-refractivity contribution in [1.82, 2.24) is 0 Å². The third-order valence-corrected chi connectivity index (χ3v) is 3.06. The molecule has 0 aliphatic heterocycles. The Morgan fingerprint density at radius 1 is 1.45 bits per heavy atom. The van der Waals surface area contributed by atoms with Gasteiger partial charge in [-0.3, -0.25) is 0 Å². The molecule has 0 aromatic rings. The van der Waals surface area contributed by atoms with E-state index in [0.29, 0.717) is 11.3 Å². The molecule has 0 aliphatic rings. The van der Waals surface area contributed by atoms with Gasteiger partial charge in [0, 0.05) is 0 Å². The van der Waals surface area contributed by atoms with E-state index in [-0.39, 0.29) is 0 Å². The van der Waals surface area contributed by atoms with E-state index in [4.69, 9.17) is 7.49 Å². The van der Waals surface area contributed by atoms with Crippen LogP contribution in [-0.4, -0.2) is 13.1 Å². The molecule has 0 rings (SSSR count). The van der Waals surface area contributed by atoms with E-state index in [0.717, 1.165) is 0 Å². The molecule has 1 radical (unpaired) electrons. The summed E-state index contributed by atoms with van der Waals surface area (Å²) in [6, 6.07) is 0. The zero-order valence-electron chi connectivity index (χ0n) is 8.15. The molecule has 0 nitrogen and oxygen atoms in total. The first-order valence-corrected chi connectivity index (χ1v) is 4.40. The fourth-order valence-corrected chi connectivity index (χ4v) is 1.24. The van der Waals surface area contributed by atoms with Gasteiger partial charge in [0.1, 0.15) is 0 Å². The van der Waals surface area contributed by atoms with Gasteiger partial charge >= 0.3 is 71.1 Å². The standard InChI is InChI=1S/C10H18B/c1-5-10(4,6-2)9(3)7-8-11/h7,9H,5-6H2,1-4H3. The van der Waals surface area contributed by atoms with E-state index in [2.05, 4.69) is 33.3 Å². The molecule has 1 unspecified atom stereocenters. The predicted octanol–water partition coefficient (Wildman–Crippen LogP) is 2.57. The third kappa shape index (κ3) is 2.67. The molecule has 1 atom stereocenters. The second kappa shape index (κ2) is 4.56. The Labute approximate surface area is 71.8 Å². The average molecular weight is 149 g/mol. The van der Waals surface area contributed by atoms with Gasteiger partial charge in [-0.2, -0.15) is 0 Å². The van der Waals surface area contributed by atoms with Crippen LogP contribution in [0.1, 0.15) is 40.5 Å². The summed E-state index contributed by atoms with van der Waals surface area (Å²) in [6.45, 7) is 8.95. The van der Waals surface area contributed by atoms with Gasteiger partial charge in [-0.05, 0) is 0 Å². The molecule has 0 aliphatic carbocycles. The van der Waals surface area contributed by atoms with Gasteiger partial charge in [0.2, 0.25) is 0 Å². The van der Waals surface area contributed by atoms with Crippen LogP contribution in [0.4, 0.5) is 0 Å².